The molecule has 3 heterocycles. The highest BCUT2D eigenvalue weighted by molar-refractivity contribution is 5.97. The molecule has 6 nitrogen and oxygen atoms in total. The number of aromatic amines is 1. The van der Waals surface area contributed by atoms with Gasteiger partial charge in [-0.25, -0.2) is 9.37 Å². The van der Waals surface area contributed by atoms with E-state index in [-0.39, 0.29) is 16.9 Å². The van der Waals surface area contributed by atoms with Crippen molar-refractivity contribution in [2.75, 3.05) is 13.1 Å². The highest BCUT2D eigenvalue weighted by Gasteiger charge is 2.28. The Morgan fingerprint density at radius 3 is 2.85 bits per heavy atom. The van der Waals surface area contributed by atoms with Crippen LogP contribution in [0.15, 0.2) is 41.6 Å². The van der Waals surface area contributed by atoms with Crippen LogP contribution in [0.4, 0.5) is 4.39 Å². The van der Waals surface area contributed by atoms with Crippen LogP contribution in [0.3, 0.4) is 0 Å². The molecule has 7 heteroatoms. The van der Waals surface area contributed by atoms with Gasteiger partial charge >= 0.3 is 0 Å². The Labute approximate surface area is 155 Å². The van der Waals surface area contributed by atoms with E-state index in [1.54, 1.807) is 4.90 Å². The fourth-order valence-corrected chi connectivity index (χ4v) is 3.81. The van der Waals surface area contributed by atoms with E-state index in [1.807, 2.05) is 12.4 Å². The van der Waals surface area contributed by atoms with E-state index in [0.29, 0.717) is 24.5 Å². The largest absolute Gasteiger partial charge is 0.360 e. The average Bonchev–Trinajstić information content (AvgIpc) is 3.17. The van der Waals surface area contributed by atoms with Crippen molar-refractivity contribution in [3.63, 3.8) is 0 Å². The lowest BCUT2D eigenvalue weighted by Gasteiger charge is -2.31. The van der Waals surface area contributed by atoms with Crippen molar-refractivity contribution >= 4 is 16.8 Å². The number of halogens is 1. The number of amides is 1. The Balaban J connectivity index is 1.54. The molecular formula is C20H21FN4O2. The molecule has 0 bridgehead atoms. The molecular weight excluding hydrogens is 347 g/mol. The second-order valence-corrected chi connectivity index (χ2v) is 6.86. The van der Waals surface area contributed by atoms with Gasteiger partial charge in [0.2, 0.25) is 5.43 Å². The van der Waals surface area contributed by atoms with Gasteiger partial charge in [0.05, 0.1) is 0 Å². The van der Waals surface area contributed by atoms with E-state index in [0.717, 1.165) is 25.2 Å². The summed E-state index contributed by atoms with van der Waals surface area (Å²) < 4.78 is 15.6. The summed E-state index contributed by atoms with van der Waals surface area (Å²) in [5.41, 5.74) is 0.140. The van der Waals surface area contributed by atoms with Crippen molar-refractivity contribution in [3.05, 3.63) is 64.2 Å². The van der Waals surface area contributed by atoms with Crippen molar-refractivity contribution < 1.29 is 9.18 Å². The third-order valence-electron chi connectivity index (χ3n) is 5.31. The van der Waals surface area contributed by atoms with Crippen molar-refractivity contribution in [1.82, 2.24) is 19.4 Å². The minimum atomic E-state index is -0.496. The number of carbonyl (C=O) groups excluding carboxylic acids is 1. The molecule has 1 fully saturated rings. The third kappa shape index (κ3) is 3.13. The maximum Gasteiger partial charge on any atom is 0.259 e. The molecule has 140 valence electrons. The molecule has 0 atom stereocenters. The number of benzene rings is 1. The lowest BCUT2D eigenvalue weighted by molar-refractivity contribution is 0.0709. The Morgan fingerprint density at radius 1 is 1.33 bits per heavy atom. The molecule has 1 amide bonds. The number of carbonyl (C=O) groups is 1. The number of piperidine rings is 1. The summed E-state index contributed by atoms with van der Waals surface area (Å²) in [5, 5.41) is 0.195. The number of imidazole rings is 1. The van der Waals surface area contributed by atoms with Crippen LogP contribution < -0.4 is 5.43 Å². The number of hydrogen-bond donors (Lipinski definition) is 1. The number of H-pyrrole nitrogens is 1. The molecule has 1 aromatic carbocycles. The van der Waals surface area contributed by atoms with Gasteiger partial charge in [-0.2, -0.15) is 0 Å². The zero-order valence-electron chi connectivity index (χ0n) is 15.1. The molecule has 1 aliphatic heterocycles. The minimum Gasteiger partial charge on any atom is -0.360 e. The maximum absolute atomic E-state index is 13.5. The van der Waals surface area contributed by atoms with Crippen LogP contribution in [-0.4, -0.2) is 38.4 Å². The van der Waals surface area contributed by atoms with Crippen molar-refractivity contribution in [1.29, 1.82) is 0 Å². The van der Waals surface area contributed by atoms with Gasteiger partial charge in [-0.05, 0) is 38.0 Å². The van der Waals surface area contributed by atoms with Gasteiger partial charge in [0, 0.05) is 55.0 Å². The molecule has 1 aliphatic rings. The minimum absolute atomic E-state index is 0.0570. The molecule has 0 radical (unpaired) electrons. The van der Waals surface area contributed by atoms with Gasteiger partial charge in [-0.1, -0.05) is 0 Å². The van der Waals surface area contributed by atoms with Gasteiger partial charge in [0.15, 0.2) is 0 Å². The summed E-state index contributed by atoms with van der Waals surface area (Å²) in [6.07, 6.45) is 6.83. The van der Waals surface area contributed by atoms with Crippen LogP contribution in [0.25, 0.3) is 10.9 Å². The molecule has 0 aliphatic carbocycles. The standard InChI is InChI=1S/C20H21FN4O2/c1-2-24-10-7-22-19(24)13-5-8-25(9-6-13)20(27)16-12-23-17-4-3-14(21)11-15(17)18(16)26/h3-4,7,10-13H,2,5-6,8-9H2,1H3,(H,23,26). The molecule has 2 aromatic heterocycles. The first-order valence-corrected chi connectivity index (χ1v) is 9.19. The molecule has 0 spiro atoms. The summed E-state index contributed by atoms with van der Waals surface area (Å²) in [7, 11) is 0. The molecule has 1 N–H and O–H groups in total. The predicted octanol–water partition coefficient (Wildman–Crippen LogP) is 2.90. The summed E-state index contributed by atoms with van der Waals surface area (Å²) in [5.74, 6) is 0.571. The second-order valence-electron chi connectivity index (χ2n) is 6.86. The number of aryl methyl sites for hydroxylation is 1. The third-order valence-corrected chi connectivity index (χ3v) is 5.31. The summed E-state index contributed by atoms with van der Waals surface area (Å²) in [6.45, 7) is 4.09. The van der Waals surface area contributed by atoms with Gasteiger partial charge in [-0.15, -0.1) is 0 Å². The summed E-state index contributed by atoms with van der Waals surface area (Å²) in [4.78, 5) is 34.6. The number of rotatable bonds is 3. The van der Waals surface area contributed by atoms with Gasteiger partial charge < -0.3 is 14.5 Å². The van der Waals surface area contributed by atoms with Crippen LogP contribution in [-0.2, 0) is 6.54 Å². The van der Waals surface area contributed by atoms with Crippen molar-refractivity contribution in [2.45, 2.75) is 32.2 Å². The van der Waals surface area contributed by atoms with E-state index in [2.05, 4.69) is 21.5 Å². The van der Waals surface area contributed by atoms with Crippen molar-refractivity contribution in [2.24, 2.45) is 0 Å². The van der Waals surface area contributed by atoms with E-state index in [9.17, 15) is 14.0 Å². The zero-order chi connectivity index (χ0) is 19.0. The lowest BCUT2D eigenvalue weighted by atomic mass is 9.95. The Hall–Kier alpha value is -2.96. The van der Waals surface area contributed by atoms with E-state index in [1.165, 1.54) is 24.4 Å². The highest BCUT2D eigenvalue weighted by atomic mass is 19.1. The lowest BCUT2D eigenvalue weighted by Crippen LogP contribution is -2.40. The van der Waals surface area contributed by atoms with E-state index < -0.39 is 11.2 Å². The Morgan fingerprint density at radius 2 is 2.11 bits per heavy atom. The molecule has 0 unspecified atom stereocenters. The smallest absolute Gasteiger partial charge is 0.259 e. The van der Waals surface area contributed by atoms with Crippen LogP contribution in [0.1, 0.15) is 41.9 Å². The summed E-state index contributed by atoms with van der Waals surface area (Å²) in [6, 6.07) is 3.95. The topological polar surface area (TPSA) is 71.0 Å². The molecule has 0 saturated carbocycles. The number of nitrogens with one attached hydrogen (secondary N) is 1. The quantitative estimate of drug-likeness (QED) is 0.773. The number of aromatic nitrogens is 3. The first-order chi connectivity index (χ1) is 13.1. The molecule has 4 rings (SSSR count). The average molecular weight is 368 g/mol. The monoisotopic (exact) mass is 368 g/mol. The van der Waals surface area contributed by atoms with Crippen molar-refractivity contribution in [3.8, 4) is 0 Å². The fourth-order valence-electron chi connectivity index (χ4n) is 3.81. The zero-order valence-corrected chi connectivity index (χ0v) is 15.1. The van der Waals surface area contributed by atoms with Crippen LogP contribution in [0.5, 0.6) is 0 Å². The Kier molecular flexibility index (Phi) is 4.51. The molecule has 1 saturated heterocycles. The Bertz CT molecular complexity index is 1050. The normalized spacial score (nSPS) is 15.4. The second kappa shape index (κ2) is 6.98. The SMILES string of the molecule is CCn1ccnc1C1CCN(C(=O)c2c[nH]c3ccc(F)cc3c2=O)CC1. The number of hydrogen-bond acceptors (Lipinski definition) is 3. The molecule has 27 heavy (non-hydrogen) atoms. The van der Waals surface area contributed by atoms with Crippen LogP contribution in [0.2, 0.25) is 0 Å². The summed E-state index contributed by atoms with van der Waals surface area (Å²) >= 11 is 0. The highest BCUT2D eigenvalue weighted by Crippen LogP contribution is 2.27. The van der Waals surface area contributed by atoms with Crippen LogP contribution >= 0.6 is 0 Å². The first kappa shape index (κ1) is 17.5. The number of pyridine rings is 1. The fraction of sp³-hybridized carbons (Fsp3) is 0.350. The molecule has 3 aromatic rings. The maximum atomic E-state index is 13.5. The first-order valence-electron chi connectivity index (χ1n) is 9.19. The van der Waals surface area contributed by atoms with Gasteiger partial charge in [0.1, 0.15) is 17.2 Å². The number of likely N-dealkylation sites (tertiary alicyclic amines) is 1. The number of fused-ring (bicyclic) bond motifs is 1. The van der Waals surface area contributed by atoms with Gasteiger partial charge in [0.25, 0.3) is 5.91 Å². The van der Waals surface area contributed by atoms with E-state index >= 15 is 0 Å². The number of nitrogens with zero attached hydrogens (tertiary/aromatic N) is 3. The van der Waals surface area contributed by atoms with Crippen LogP contribution in [0, 0.1) is 5.82 Å². The van der Waals surface area contributed by atoms with E-state index in [4.69, 9.17) is 0 Å². The van der Waals surface area contributed by atoms with Gasteiger partial charge in [-0.3, -0.25) is 9.59 Å². The predicted molar refractivity (Wildman–Crippen MR) is 100 cm³/mol.